The lowest BCUT2D eigenvalue weighted by Gasteiger charge is -2.22. The van der Waals surface area contributed by atoms with Crippen LogP contribution in [0.3, 0.4) is 0 Å². The molecule has 102 valence electrons. The molecule has 0 aliphatic heterocycles. The van der Waals surface area contributed by atoms with E-state index in [1.807, 2.05) is 33.1 Å². The van der Waals surface area contributed by atoms with Crippen molar-refractivity contribution in [1.29, 1.82) is 0 Å². The first kappa shape index (κ1) is 16.4. The van der Waals surface area contributed by atoms with Gasteiger partial charge in [0.15, 0.2) is 0 Å². The van der Waals surface area contributed by atoms with Gasteiger partial charge in [0.1, 0.15) is 0 Å². The molecule has 0 spiro atoms. The molecule has 0 heterocycles. The van der Waals surface area contributed by atoms with E-state index in [-0.39, 0.29) is 6.54 Å². The Hall–Kier alpha value is -0.650. The molecule has 17 heavy (non-hydrogen) atoms. The Bertz CT molecular complexity index is 194. The van der Waals surface area contributed by atoms with E-state index < -0.39 is 5.97 Å². The van der Waals surface area contributed by atoms with Crippen molar-refractivity contribution >= 4 is 5.97 Å². The molecule has 5 heteroatoms. The molecule has 0 aromatic heterocycles. The summed E-state index contributed by atoms with van der Waals surface area (Å²) in [4.78, 5) is 17.0. The van der Waals surface area contributed by atoms with Crippen molar-refractivity contribution in [3.63, 3.8) is 0 Å². The molecule has 0 amide bonds. The monoisotopic (exact) mass is 245 g/mol. The average molecular weight is 245 g/mol. The number of hydrogen-bond donors (Lipinski definition) is 1. The highest BCUT2D eigenvalue weighted by atomic mass is 16.4. The summed E-state index contributed by atoms with van der Waals surface area (Å²) in [5.41, 5.74) is 0. The van der Waals surface area contributed by atoms with Gasteiger partial charge < -0.3 is 14.9 Å². The Morgan fingerprint density at radius 3 is 1.59 bits per heavy atom. The number of aliphatic carboxylic acids is 1. The highest BCUT2D eigenvalue weighted by Gasteiger charge is 2.09. The van der Waals surface area contributed by atoms with Crippen LogP contribution in [-0.4, -0.2) is 86.7 Å². The van der Waals surface area contributed by atoms with Crippen LogP contribution in [0.1, 0.15) is 12.8 Å². The topological polar surface area (TPSA) is 47.0 Å². The van der Waals surface area contributed by atoms with Crippen molar-refractivity contribution in [2.24, 2.45) is 0 Å². The normalized spacial score (nSPS) is 11.7. The van der Waals surface area contributed by atoms with Crippen molar-refractivity contribution in [3.8, 4) is 0 Å². The first-order valence-electron chi connectivity index (χ1n) is 6.15. The van der Waals surface area contributed by atoms with Gasteiger partial charge in [-0.05, 0) is 67.2 Å². The smallest absolute Gasteiger partial charge is 0.317 e. The zero-order valence-corrected chi connectivity index (χ0v) is 11.6. The van der Waals surface area contributed by atoms with Crippen LogP contribution in [0.2, 0.25) is 0 Å². The highest BCUT2D eigenvalue weighted by molar-refractivity contribution is 5.69. The second-order valence-electron chi connectivity index (χ2n) is 4.98. The Balaban J connectivity index is 3.83. The van der Waals surface area contributed by atoms with E-state index in [1.54, 1.807) is 0 Å². The molecular weight excluding hydrogens is 218 g/mol. The minimum Gasteiger partial charge on any atom is -0.480 e. The van der Waals surface area contributed by atoms with E-state index in [1.165, 1.54) is 0 Å². The quantitative estimate of drug-likeness (QED) is 0.599. The Labute approximate surface area is 105 Å². The first-order valence-corrected chi connectivity index (χ1v) is 6.15. The molecule has 0 unspecified atom stereocenters. The molecule has 0 aromatic carbocycles. The summed E-state index contributed by atoms with van der Waals surface area (Å²) in [6.45, 7) is 3.88. The lowest BCUT2D eigenvalue weighted by Crippen LogP contribution is -2.34. The third-order valence-electron chi connectivity index (χ3n) is 2.52. The summed E-state index contributed by atoms with van der Waals surface area (Å²) >= 11 is 0. The van der Waals surface area contributed by atoms with Crippen molar-refractivity contribution in [2.75, 3.05) is 60.9 Å². The Morgan fingerprint density at radius 1 is 0.882 bits per heavy atom. The molecule has 0 saturated carbocycles. The minimum absolute atomic E-state index is 0.154. The SMILES string of the molecule is CN(C)CCCN(CCCN(C)C)CC(=O)O. The predicted octanol–water partition coefficient (Wildman–Crippen LogP) is 0.276. The van der Waals surface area contributed by atoms with Gasteiger partial charge in [0.05, 0.1) is 6.54 Å². The van der Waals surface area contributed by atoms with Gasteiger partial charge in [-0.25, -0.2) is 0 Å². The zero-order valence-electron chi connectivity index (χ0n) is 11.6. The van der Waals surface area contributed by atoms with Crippen molar-refractivity contribution in [2.45, 2.75) is 12.8 Å². The van der Waals surface area contributed by atoms with Gasteiger partial charge in [0.25, 0.3) is 0 Å². The fraction of sp³-hybridized carbons (Fsp3) is 0.917. The predicted molar refractivity (Wildman–Crippen MR) is 70.4 cm³/mol. The molecule has 0 aliphatic carbocycles. The fourth-order valence-electron chi connectivity index (χ4n) is 1.68. The minimum atomic E-state index is -0.736. The molecule has 5 nitrogen and oxygen atoms in total. The molecular formula is C12H27N3O2. The Kier molecular flexibility index (Phi) is 9.03. The summed E-state index contributed by atoms with van der Waals surface area (Å²) in [7, 11) is 8.14. The zero-order chi connectivity index (χ0) is 13.3. The third kappa shape index (κ3) is 11.6. The van der Waals surface area contributed by atoms with Crippen LogP contribution < -0.4 is 0 Å². The Morgan fingerprint density at radius 2 is 1.29 bits per heavy atom. The number of nitrogens with zero attached hydrogens (tertiary/aromatic N) is 3. The molecule has 0 aromatic rings. The molecule has 0 bridgehead atoms. The van der Waals surface area contributed by atoms with Crippen molar-refractivity contribution < 1.29 is 9.90 Å². The number of hydrogen-bond acceptors (Lipinski definition) is 4. The molecule has 0 rings (SSSR count). The number of rotatable bonds is 10. The van der Waals surface area contributed by atoms with Gasteiger partial charge >= 0.3 is 5.97 Å². The molecule has 0 aliphatic rings. The van der Waals surface area contributed by atoms with E-state index in [9.17, 15) is 4.79 Å². The van der Waals surface area contributed by atoms with Gasteiger partial charge in [-0.15, -0.1) is 0 Å². The van der Waals surface area contributed by atoms with Crippen LogP contribution in [0.25, 0.3) is 0 Å². The van der Waals surface area contributed by atoms with Crippen LogP contribution in [0.4, 0.5) is 0 Å². The van der Waals surface area contributed by atoms with Gasteiger partial charge in [-0.3, -0.25) is 9.69 Å². The van der Waals surface area contributed by atoms with Gasteiger partial charge in [0.2, 0.25) is 0 Å². The van der Waals surface area contributed by atoms with Crippen molar-refractivity contribution in [1.82, 2.24) is 14.7 Å². The summed E-state index contributed by atoms with van der Waals surface area (Å²) in [6, 6.07) is 0. The van der Waals surface area contributed by atoms with Crippen LogP contribution in [0.5, 0.6) is 0 Å². The second kappa shape index (κ2) is 9.39. The lowest BCUT2D eigenvalue weighted by atomic mass is 10.3. The van der Waals surface area contributed by atoms with Crippen molar-refractivity contribution in [3.05, 3.63) is 0 Å². The van der Waals surface area contributed by atoms with Crippen LogP contribution in [-0.2, 0) is 4.79 Å². The van der Waals surface area contributed by atoms with Gasteiger partial charge in [-0.1, -0.05) is 0 Å². The molecule has 0 fully saturated rings. The molecule has 0 radical (unpaired) electrons. The van der Waals surface area contributed by atoms with E-state index in [4.69, 9.17) is 5.11 Å². The van der Waals surface area contributed by atoms with Crippen LogP contribution >= 0.6 is 0 Å². The number of carbonyl (C=O) groups is 1. The first-order chi connectivity index (χ1) is 7.91. The average Bonchev–Trinajstić information content (AvgIpc) is 2.15. The molecule has 0 saturated heterocycles. The van der Waals surface area contributed by atoms with E-state index in [0.717, 1.165) is 39.0 Å². The summed E-state index contributed by atoms with van der Waals surface area (Å²) < 4.78 is 0. The van der Waals surface area contributed by atoms with Gasteiger partial charge in [-0.2, -0.15) is 0 Å². The second-order valence-corrected chi connectivity index (χ2v) is 4.98. The maximum atomic E-state index is 10.7. The number of carboxylic acids is 1. The van der Waals surface area contributed by atoms with E-state index in [2.05, 4.69) is 9.80 Å². The maximum Gasteiger partial charge on any atom is 0.317 e. The maximum absolute atomic E-state index is 10.7. The van der Waals surface area contributed by atoms with Crippen LogP contribution in [0.15, 0.2) is 0 Å². The molecule has 0 atom stereocenters. The summed E-state index contributed by atoms with van der Waals surface area (Å²) in [5, 5.41) is 8.84. The van der Waals surface area contributed by atoms with Crippen LogP contribution in [0, 0.1) is 0 Å². The van der Waals surface area contributed by atoms with E-state index >= 15 is 0 Å². The largest absolute Gasteiger partial charge is 0.480 e. The van der Waals surface area contributed by atoms with E-state index in [0.29, 0.717) is 0 Å². The third-order valence-corrected chi connectivity index (χ3v) is 2.52. The number of carboxylic acid groups (broad SMARTS) is 1. The lowest BCUT2D eigenvalue weighted by molar-refractivity contribution is -0.138. The molecule has 1 N–H and O–H groups in total. The highest BCUT2D eigenvalue weighted by Crippen LogP contribution is 1.96. The fourth-order valence-corrected chi connectivity index (χ4v) is 1.68. The summed E-state index contributed by atoms with van der Waals surface area (Å²) in [5.74, 6) is -0.736. The standard InChI is InChI=1S/C12H27N3O2/c1-13(2)7-5-9-15(11-12(16)17)10-6-8-14(3)4/h5-11H2,1-4H3,(H,16,17). The van der Waals surface area contributed by atoms with Gasteiger partial charge in [0, 0.05) is 0 Å². The summed E-state index contributed by atoms with van der Waals surface area (Å²) in [6.07, 6.45) is 2.03.